The number of rotatable bonds is 5. The Morgan fingerprint density at radius 1 is 1.19 bits per heavy atom. The van der Waals surface area contributed by atoms with E-state index < -0.39 is 0 Å². The largest absolute Gasteiger partial charge is 0.343 e. The van der Waals surface area contributed by atoms with Crippen LogP contribution in [0.5, 0.6) is 0 Å². The summed E-state index contributed by atoms with van der Waals surface area (Å²) < 4.78 is 0. The van der Waals surface area contributed by atoms with Gasteiger partial charge in [-0.2, -0.15) is 0 Å². The SMILES string of the molecule is Cc1cccc(C)c1NC(=O)CCN1CCN(C=O)CC1. The fourth-order valence-electron chi connectivity index (χ4n) is 2.57. The Morgan fingerprint density at radius 3 is 2.38 bits per heavy atom. The number of carbonyl (C=O) groups excluding carboxylic acids is 2. The molecule has 0 aliphatic carbocycles. The van der Waals surface area contributed by atoms with Gasteiger partial charge in [-0.15, -0.1) is 0 Å². The monoisotopic (exact) mass is 289 g/mol. The second-order valence-corrected chi connectivity index (χ2v) is 5.55. The van der Waals surface area contributed by atoms with E-state index >= 15 is 0 Å². The average molecular weight is 289 g/mol. The predicted molar refractivity (Wildman–Crippen MR) is 83.2 cm³/mol. The minimum atomic E-state index is 0.0465. The van der Waals surface area contributed by atoms with Crippen molar-refractivity contribution in [3.63, 3.8) is 0 Å². The zero-order valence-corrected chi connectivity index (χ0v) is 12.8. The highest BCUT2D eigenvalue weighted by molar-refractivity contribution is 5.92. The zero-order valence-electron chi connectivity index (χ0n) is 12.8. The van der Waals surface area contributed by atoms with Crippen LogP contribution < -0.4 is 5.32 Å². The van der Waals surface area contributed by atoms with Gasteiger partial charge in [0.15, 0.2) is 0 Å². The molecule has 2 rings (SSSR count). The fourth-order valence-corrected chi connectivity index (χ4v) is 2.57. The lowest BCUT2D eigenvalue weighted by atomic mass is 10.1. The van der Waals surface area contributed by atoms with Crippen molar-refractivity contribution in [2.75, 3.05) is 38.0 Å². The summed E-state index contributed by atoms with van der Waals surface area (Å²) in [5, 5.41) is 3.01. The minimum Gasteiger partial charge on any atom is -0.343 e. The number of amides is 2. The molecule has 0 radical (unpaired) electrons. The molecule has 114 valence electrons. The third-order valence-electron chi connectivity index (χ3n) is 3.96. The van der Waals surface area contributed by atoms with Crippen molar-refractivity contribution < 1.29 is 9.59 Å². The lowest BCUT2D eigenvalue weighted by molar-refractivity contribution is -0.120. The summed E-state index contributed by atoms with van der Waals surface area (Å²) in [5.41, 5.74) is 3.10. The maximum Gasteiger partial charge on any atom is 0.225 e. The number of benzene rings is 1. The van der Waals surface area contributed by atoms with Crippen molar-refractivity contribution in [2.45, 2.75) is 20.3 Å². The van der Waals surface area contributed by atoms with Gasteiger partial charge in [-0.25, -0.2) is 0 Å². The van der Waals surface area contributed by atoms with E-state index in [4.69, 9.17) is 0 Å². The molecule has 1 aromatic rings. The second kappa shape index (κ2) is 7.22. The molecular weight excluding hydrogens is 266 g/mol. The molecule has 1 heterocycles. The Morgan fingerprint density at radius 2 is 1.81 bits per heavy atom. The van der Waals surface area contributed by atoms with Gasteiger partial charge in [0, 0.05) is 44.8 Å². The molecular formula is C16H23N3O2. The third-order valence-corrected chi connectivity index (χ3v) is 3.96. The molecule has 0 unspecified atom stereocenters. The van der Waals surface area contributed by atoms with Crippen LogP contribution >= 0.6 is 0 Å². The van der Waals surface area contributed by atoms with Crippen molar-refractivity contribution in [1.82, 2.24) is 9.80 Å². The zero-order chi connectivity index (χ0) is 15.2. The van der Waals surface area contributed by atoms with E-state index in [0.717, 1.165) is 55.9 Å². The van der Waals surface area contributed by atoms with Crippen molar-refractivity contribution >= 4 is 18.0 Å². The maximum absolute atomic E-state index is 12.1. The van der Waals surface area contributed by atoms with Crippen LogP contribution in [0.3, 0.4) is 0 Å². The molecule has 0 bridgehead atoms. The molecule has 21 heavy (non-hydrogen) atoms. The van der Waals surface area contributed by atoms with E-state index in [9.17, 15) is 9.59 Å². The van der Waals surface area contributed by atoms with Gasteiger partial charge in [0.05, 0.1) is 0 Å². The first-order valence-corrected chi connectivity index (χ1v) is 7.38. The summed E-state index contributed by atoms with van der Waals surface area (Å²) in [7, 11) is 0. The Labute approximate surface area is 125 Å². The number of carbonyl (C=O) groups is 2. The summed E-state index contributed by atoms with van der Waals surface area (Å²) >= 11 is 0. The number of anilines is 1. The Hall–Kier alpha value is -1.88. The molecule has 2 amide bonds. The summed E-state index contributed by atoms with van der Waals surface area (Å²) in [5.74, 6) is 0.0465. The summed E-state index contributed by atoms with van der Waals surface area (Å²) in [4.78, 5) is 26.7. The van der Waals surface area contributed by atoms with Crippen molar-refractivity contribution in [1.29, 1.82) is 0 Å². The topological polar surface area (TPSA) is 52.7 Å². The minimum absolute atomic E-state index is 0.0465. The van der Waals surface area contributed by atoms with Crippen molar-refractivity contribution in [3.05, 3.63) is 29.3 Å². The first-order valence-electron chi connectivity index (χ1n) is 7.38. The quantitative estimate of drug-likeness (QED) is 0.834. The fraction of sp³-hybridized carbons (Fsp3) is 0.500. The normalized spacial score (nSPS) is 15.8. The molecule has 0 atom stereocenters. The number of nitrogens with one attached hydrogen (secondary N) is 1. The molecule has 1 N–H and O–H groups in total. The van der Waals surface area contributed by atoms with Gasteiger partial charge in [-0.1, -0.05) is 18.2 Å². The van der Waals surface area contributed by atoms with E-state index in [1.54, 1.807) is 4.90 Å². The van der Waals surface area contributed by atoms with E-state index in [0.29, 0.717) is 6.42 Å². The molecule has 5 nitrogen and oxygen atoms in total. The van der Waals surface area contributed by atoms with Crippen molar-refractivity contribution in [2.24, 2.45) is 0 Å². The average Bonchev–Trinajstić information content (AvgIpc) is 2.49. The lowest BCUT2D eigenvalue weighted by Crippen LogP contribution is -2.46. The van der Waals surface area contributed by atoms with Gasteiger partial charge in [-0.05, 0) is 25.0 Å². The molecule has 5 heteroatoms. The van der Waals surface area contributed by atoms with Gasteiger partial charge in [-0.3, -0.25) is 14.5 Å². The highest BCUT2D eigenvalue weighted by Gasteiger charge is 2.16. The molecule has 0 spiro atoms. The third kappa shape index (κ3) is 4.29. The molecule has 1 aliphatic heterocycles. The number of aryl methyl sites for hydroxylation is 2. The Bertz CT molecular complexity index is 488. The molecule has 0 aromatic heterocycles. The van der Waals surface area contributed by atoms with Crippen LogP contribution in [0.15, 0.2) is 18.2 Å². The molecule has 1 aliphatic rings. The van der Waals surface area contributed by atoms with Gasteiger partial charge in [0.25, 0.3) is 0 Å². The maximum atomic E-state index is 12.1. The Balaban J connectivity index is 1.79. The standard InChI is InChI=1S/C16H23N3O2/c1-13-4-3-5-14(2)16(13)17-15(21)6-7-18-8-10-19(12-20)11-9-18/h3-5,12H,6-11H2,1-2H3,(H,17,21). The molecule has 1 aromatic carbocycles. The predicted octanol–water partition coefficient (Wildman–Crippen LogP) is 1.41. The van der Waals surface area contributed by atoms with Gasteiger partial charge in [0.2, 0.25) is 12.3 Å². The van der Waals surface area contributed by atoms with E-state index in [1.165, 1.54) is 0 Å². The highest BCUT2D eigenvalue weighted by atomic mass is 16.1. The van der Waals surface area contributed by atoms with Gasteiger partial charge in [0.1, 0.15) is 0 Å². The Kier molecular flexibility index (Phi) is 5.33. The number of piperazine rings is 1. The van der Waals surface area contributed by atoms with E-state index in [-0.39, 0.29) is 5.91 Å². The van der Waals surface area contributed by atoms with E-state index in [2.05, 4.69) is 10.2 Å². The van der Waals surface area contributed by atoms with Crippen LogP contribution in [0.1, 0.15) is 17.5 Å². The van der Waals surface area contributed by atoms with Crippen LogP contribution in [0.4, 0.5) is 5.69 Å². The van der Waals surface area contributed by atoms with Crippen LogP contribution in [0.25, 0.3) is 0 Å². The molecule has 1 saturated heterocycles. The highest BCUT2D eigenvalue weighted by Crippen LogP contribution is 2.19. The molecule has 1 fully saturated rings. The summed E-state index contributed by atoms with van der Waals surface area (Å²) in [6.45, 7) is 7.93. The smallest absolute Gasteiger partial charge is 0.225 e. The van der Waals surface area contributed by atoms with Gasteiger partial charge >= 0.3 is 0 Å². The van der Waals surface area contributed by atoms with E-state index in [1.807, 2.05) is 32.0 Å². The van der Waals surface area contributed by atoms with Crippen molar-refractivity contribution in [3.8, 4) is 0 Å². The van der Waals surface area contributed by atoms with Gasteiger partial charge < -0.3 is 10.2 Å². The van der Waals surface area contributed by atoms with Crippen LogP contribution in [-0.2, 0) is 9.59 Å². The molecule has 0 saturated carbocycles. The first kappa shape index (κ1) is 15.5. The number of para-hydroxylation sites is 1. The summed E-state index contributed by atoms with van der Waals surface area (Å²) in [6.07, 6.45) is 1.37. The van der Waals surface area contributed by atoms with Crippen LogP contribution in [-0.4, -0.2) is 54.8 Å². The number of hydrogen-bond donors (Lipinski definition) is 1. The van der Waals surface area contributed by atoms with Crippen LogP contribution in [0, 0.1) is 13.8 Å². The summed E-state index contributed by atoms with van der Waals surface area (Å²) in [6, 6.07) is 6.00. The number of hydrogen-bond acceptors (Lipinski definition) is 3. The lowest BCUT2D eigenvalue weighted by Gasteiger charge is -2.32. The first-order chi connectivity index (χ1) is 10.1. The number of nitrogens with zero attached hydrogens (tertiary/aromatic N) is 2. The van der Waals surface area contributed by atoms with Crippen LogP contribution in [0.2, 0.25) is 0 Å². The second-order valence-electron chi connectivity index (χ2n) is 5.55.